The van der Waals surface area contributed by atoms with Gasteiger partial charge in [-0.05, 0) is 19.1 Å². The number of carbonyl (C=O) groups excluding carboxylic acids is 1. The highest BCUT2D eigenvalue weighted by Gasteiger charge is 2.19. The lowest BCUT2D eigenvalue weighted by atomic mass is 10.0. The Morgan fingerprint density at radius 2 is 1.87 bits per heavy atom. The molecular weight excluding hydrogens is 316 g/mol. The Morgan fingerprint density at radius 3 is 2.52 bits per heavy atom. The Labute approximate surface area is 137 Å². The van der Waals surface area contributed by atoms with Gasteiger partial charge in [-0.15, -0.1) is 0 Å². The third-order valence-corrected chi connectivity index (χ3v) is 3.84. The van der Waals surface area contributed by atoms with Gasteiger partial charge in [-0.2, -0.15) is 0 Å². The molecule has 116 valence electrons. The van der Waals surface area contributed by atoms with Crippen molar-refractivity contribution in [1.82, 2.24) is 0 Å². The van der Waals surface area contributed by atoms with E-state index in [-0.39, 0.29) is 27.0 Å². The van der Waals surface area contributed by atoms with Gasteiger partial charge in [-0.1, -0.05) is 41.9 Å². The van der Waals surface area contributed by atoms with Crippen molar-refractivity contribution in [3.05, 3.63) is 68.8 Å². The fraction of sp³-hybridized carbons (Fsp3) is 0.111. The van der Waals surface area contributed by atoms with Crippen LogP contribution in [0.25, 0.3) is 22.3 Å². The molecule has 0 amide bonds. The second-order valence-corrected chi connectivity index (χ2v) is 5.51. The van der Waals surface area contributed by atoms with Crippen molar-refractivity contribution < 1.29 is 13.9 Å². The molecule has 0 spiro atoms. The summed E-state index contributed by atoms with van der Waals surface area (Å²) in [5, 5.41) is 0.534. The van der Waals surface area contributed by atoms with Crippen LogP contribution in [0.5, 0.6) is 0 Å². The van der Waals surface area contributed by atoms with Crippen molar-refractivity contribution in [3.63, 3.8) is 0 Å². The predicted molar refractivity (Wildman–Crippen MR) is 89.0 cm³/mol. The Balaban J connectivity index is 2.43. The summed E-state index contributed by atoms with van der Waals surface area (Å²) < 4.78 is 10.7. The lowest BCUT2D eigenvalue weighted by Gasteiger charge is -2.10. The zero-order chi connectivity index (χ0) is 16.6. The third-order valence-electron chi connectivity index (χ3n) is 3.62. The molecule has 1 aromatic heterocycles. The molecule has 0 saturated heterocycles. The van der Waals surface area contributed by atoms with Crippen LogP contribution in [-0.4, -0.2) is 13.1 Å². The van der Waals surface area contributed by atoms with Crippen LogP contribution in [0.2, 0.25) is 5.02 Å². The van der Waals surface area contributed by atoms with E-state index in [0.29, 0.717) is 11.3 Å². The van der Waals surface area contributed by atoms with Crippen molar-refractivity contribution in [3.8, 4) is 11.3 Å². The molecule has 4 nitrogen and oxygen atoms in total. The highest BCUT2D eigenvalue weighted by atomic mass is 35.5. The topological polar surface area (TPSA) is 56.5 Å². The van der Waals surface area contributed by atoms with E-state index in [1.54, 1.807) is 6.92 Å². The first-order valence-corrected chi connectivity index (χ1v) is 7.31. The molecule has 3 aromatic rings. The first-order valence-electron chi connectivity index (χ1n) is 6.93. The van der Waals surface area contributed by atoms with E-state index in [0.717, 1.165) is 5.56 Å². The zero-order valence-corrected chi connectivity index (χ0v) is 13.3. The second kappa shape index (κ2) is 5.89. The minimum absolute atomic E-state index is 0.129. The molecule has 0 aliphatic rings. The smallest absolute Gasteiger partial charge is 0.341 e. The number of hydrogen-bond acceptors (Lipinski definition) is 4. The number of esters is 1. The number of rotatable bonds is 2. The van der Waals surface area contributed by atoms with E-state index in [9.17, 15) is 9.59 Å². The molecule has 23 heavy (non-hydrogen) atoms. The van der Waals surface area contributed by atoms with Crippen molar-refractivity contribution in [1.29, 1.82) is 0 Å². The van der Waals surface area contributed by atoms with Gasteiger partial charge in [-0.3, -0.25) is 4.79 Å². The van der Waals surface area contributed by atoms with Crippen molar-refractivity contribution in [2.24, 2.45) is 0 Å². The molecule has 2 aromatic carbocycles. The van der Waals surface area contributed by atoms with Crippen molar-refractivity contribution >= 4 is 28.5 Å². The molecule has 0 N–H and O–H groups in total. The average Bonchev–Trinajstić information content (AvgIpc) is 2.58. The van der Waals surface area contributed by atoms with E-state index in [1.165, 1.54) is 19.2 Å². The van der Waals surface area contributed by atoms with Crippen LogP contribution in [0.4, 0.5) is 0 Å². The van der Waals surface area contributed by atoms with E-state index in [2.05, 4.69) is 0 Å². The Morgan fingerprint density at radius 1 is 1.17 bits per heavy atom. The number of fused-ring (bicyclic) bond motifs is 1. The number of carbonyl (C=O) groups is 1. The number of ether oxygens (including phenoxy) is 1. The number of halogens is 1. The molecule has 3 rings (SSSR count). The third kappa shape index (κ3) is 2.62. The Kier molecular flexibility index (Phi) is 3.92. The van der Waals surface area contributed by atoms with E-state index < -0.39 is 5.97 Å². The van der Waals surface area contributed by atoms with Crippen LogP contribution in [-0.2, 0) is 4.74 Å². The molecule has 0 aliphatic carbocycles. The van der Waals surface area contributed by atoms with Crippen LogP contribution >= 0.6 is 11.6 Å². The summed E-state index contributed by atoms with van der Waals surface area (Å²) in [4.78, 5) is 24.6. The second-order valence-electron chi connectivity index (χ2n) is 5.07. The minimum Gasteiger partial charge on any atom is -0.465 e. The van der Waals surface area contributed by atoms with Crippen LogP contribution in [0.1, 0.15) is 15.9 Å². The van der Waals surface area contributed by atoms with Gasteiger partial charge in [0.2, 0.25) is 0 Å². The standard InChI is InChI=1S/C18H13ClO4/c1-10-15(20)13-8-12(19)9-14(18(21)22-2)17(13)23-16(10)11-6-4-3-5-7-11/h3-9H,1-2H3. The highest BCUT2D eigenvalue weighted by Crippen LogP contribution is 2.29. The highest BCUT2D eigenvalue weighted by molar-refractivity contribution is 6.32. The molecular formula is C18H13ClO4. The normalized spacial score (nSPS) is 10.7. The lowest BCUT2D eigenvalue weighted by Crippen LogP contribution is -2.10. The molecule has 0 saturated carbocycles. The van der Waals surface area contributed by atoms with Gasteiger partial charge in [0.25, 0.3) is 0 Å². The molecule has 0 unspecified atom stereocenters. The van der Waals surface area contributed by atoms with Gasteiger partial charge in [0.05, 0.1) is 12.5 Å². The maximum absolute atomic E-state index is 12.7. The molecule has 0 radical (unpaired) electrons. The summed E-state index contributed by atoms with van der Waals surface area (Å²) in [6.45, 7) is 1.69. The quantitative estimate of drug-likeness (QED) is 0.661. The molecule has 0 atom stereocenters. The molecule has 0 aliphatic heterocycles. The summed E-state index contributed by atoms with van der Waals surface area (Å²) in [6, 6.07) is 12.2. The van der Waals surface area contributed by atoms with Crippen LogP contribution in [0.15, 0.2) is 51.7 Å². The van der Waals surface area contributed by atoms with Crippen LogP contribution < -0.4 is 5.43 Å². The summed E-state index contributed by atoms with van der Waals surface area (Å²) >= 11 is 6.02. The fourth-order valence-electron chi connectivity index (χ4n) is 2.48. The van der Waals surface area contributed by atoms with Crippen LogP contribution in [0, 0.1) is 6.92 Å². The average molecular weight is 329 g/mol. The van der Waals surface area contributed by atoms with Gasteiger partial charge >= 0.3 is 5.97 Å². The number of benzene rings is 2. The monoisotopic (exact) mass is 328 g/mol. The summed E-state index contributed by atoms with van der Waals surface area (Å²) in [6.07, 6.45) is 0. The van der Waals surface area contributed by atoms with Gasteiger partial charge in [0, 0.05) is 16.1 Å². The maximum Gasteiger partial charge on any atom is 0.341 e. The van der Waals surface area contributed by atoms with E-state index in [1.807, 2.05) is 30.3 Å². The van der Waals surface area contributed by atoms with E-state index >= 15 is 0 Å². The summed E-state index contributed by atoms with van der Waals surface area (Å²) in [5.41, 5.74) is 1.30. The van der Waals surface area contributed by atoms with Gasteiger partial charge in [0.1, 0.15) is 11.3 Å². The summed E-state index contributed by atoms with van der Waals surface area (Å²) in [7, 11) is 1.26. The molecule has 1 heterocycles. The fourth-order valence-corrected chi connectivity index (χ4v) is 2.70. The molecule has 0 bridgehead atoms. The molecule has 0 fully saturated rings. The predicted octanol–water partition coefficient (Wildman–Crippen LogP) is 4.21. The van der Waals surface area contributed by atoms with Crippen molar-refractivity contribution in [2.75, 3.05) is 7.11 Å². The number of hydrogen-bond donors (Lipinski definition) is 0. The minimum atomic E-state index is -0.608. The maximum atomic E-state index is 12.7. The van der Waals surface area contributed by atoms with Crippen LogP contribution in [0.3, 0.4) is 0 Å². The SMILES string of the molecule is COC(=O)c1cc(Cl)cc2c(=O)c(C)c(-c3ccccc3)oc12. The first kappa shape index (κ1) is 15.3. The molecule has 5 heteroatoms. The Bertz CT molecular complexity index is 958. The van der Waals surface area contributed by atoms with Gasteiger partial charge in [-0.25, -0.2) is 4.79 Å². The zero-order valence-electron chi connectivity index (χ0n) is 12.6. The Hall–Kier alpha value is -2.59. The lowest BCUT2D eigenvalue weighted by molar-refractivity contribution is 0.0601. The summed E-state index contributed by atoms with van der Waals surface area (Å²) in [5.74, 6) is -0.181. The van der Waals surface area contributed by atoms with E-state index in [4.69, 9.17) is 20.8 Å². The van der Waals surface area contributed by atoms with Gasteiger partial charge < -0.3 is 9.15 Å². The number of methoxy groups -OCH3 is 1. The largest absolute Gasteiger partial charge is 0.465 e. The van der Waals surface area contributed by atoms with Gasteiger partial charge in [0.15, 0.2) is 11.0 Å². The first-order chi connectivity index (χ1) is 11.0. The van der Waals surface area contributed by atoms with Crippen molar-refractivity contribution in [2.45, 2.75) is 6.92 Å².